The molecule has 0 unspecified atom stereocenters. The molecule has 3 aliphatic rings. The molecule has 0 atom stereocenters. The number of amides is 1. The van der Waals surface area contributed by atoms with Crippen LogP contribution in [0.5, 0.6) is 0 Å². The molecule has 1 amide bonds. The normalized spacial score (nSPS) is 19.8. The molecular weight excluding hydrogens is 288 g/mol. The number of fused-ring (bicyclic) bond motifs is 4. The monoisotopic (exact) mass is 306 g/mol. The Bertz CT molecular complexity index is 810. The standard InChI is InChI=1S/C18H18N4O/c1-2-15-20-13-6-10-8-18(9-11(10)7-14(13)21-15)12-4-3-5-19-16(12)22-17(18)23/h3-7,15,20-21H,2,8-9H2,1H3,(H,19,22,23). The molecule has 3 heterocycles. The highest BCUT2D eigenvalue weighted by Gasteiger charge is 2.51. The second-order valence-electron chi connectivity index (χ2n) is 6.71. The smallest absolute Gasteiger partial charge is 0.237 e. The number of anilines is 3. The second kappa shape index (κ2) is 4.25. The number of nitrogens with zero attached hydrogens (tertiary/aromatic N) is 1. The maximum absolute atomic E-state index is 12.7. The molecule has 0 fully saturated rings. The quantitative estimate of drug-likeness (QED) is 0.758. The van der Waals surface area contributed by atoms with Gasteiger partial charge in [0, 0.05) is 11.8 Å². The van der Waals surface area contributed by atoms with E-state index in [1.54, 1.807) is 6.20 Å². The Morgan fingerprint density at radius 2 is 1.91 bits per heavy atom. The van der Waals surface area contributed by atoms with E-state index in [2.05, 4.69) is 40.0 Å². The Morgan fingerprint density at radius 3 is 2.57 bits per heavy atom. The first-order valence-corrected chi connectivity index (χ1v) is 8.15. The summed E-state index contributed by atoms with van der Waals surface area (Å²) in [5, 5.41) is 9.96. The Kier molecular flexibility index (Phi) is 2.39. The molecule has 116 valence electrons. The van der Waals surface area contributed by atoms with Crippen molar-refractivity contribution in [1.29, 1.82) is 0 Å². The molecule has 5 nitrogen and oxygen atoms in total. The third-order valence-corrected chi connectivity index (χ3v) is 5.38. The average molecular weight is 306 g/mol. The molecule has 2 aromatic rings. The zero-order valence-corrected chi connectivity index (χ0v) is 12.9. The van der Waals surface area contributed by atoms with E-state index in [9.17, 15) is 4.79 Å². The van der Waals surface area contributed by atoms with Crippen molar-refractivity contribution in [3.63, 3.8) is 0 Å². The van der Waals surface area contributed by atoms with Gasteiger partial charge in [0.2, 0.25) is 5.91 Å². The van der Waals surface area contributed by atoms with Crippen molar-refractivity contribution in [2.24, 2.45) is 0 Å². The lowest BCUT2D eigenvalue weighted by Crippen LogP contribution is -2.35. The summed E-state index contributed by atoms with van der Waals surface area (Å²) in [6, 6.07) is 8.37. The van der Waals surface area contributed by atoms with E-state index in [0.717, 1.165) is 42.0 Å². The van der Waals surface area contributed by atoms with Gasteiger partial charge in [0.1, 0.15) is 5.82 Å². The van der Waals surface area contributed by atoms with Gasteiger partial charge in [-0.1, -0.05) is 13.0 Å². The van der Waals surface area contributed by atoms with Crippen LogP contribution >= 0.6 is 0 Å². The lowest BCUT2D eigenvalue weighted by Gasteiger charge is -2.20. The number of benzene rings is 1. The third-order valence-electron chi connectivity index (χ3n) is 5.38. The molecule has 0 saturated heterocycles. The molecule has 5 heteroatoms. The minimum atomic E-state index is -0.481. The van der Waals surface area contributed by atoms with Gasteiger partial charge in [0.25, 0.3) is 0 Å². The van der Waals surface area contributed by atoms with Crippen molar-refractivity contribution in [3.8, 4) is 0 Å². The van der Waals surface area contributed by atoms with Gasteiger partial charge in [-0.05, 0) is 48.6 Å². The molecule has 2 aliphatic heterocycles. The van der Waals surface area contributed by atoms with Gasteiger partial charge in [-0.3, -0.25) is 4.79 Å². The topological polar surface area (TPSA) is 66.0 Å². The summed E-state index contributed by atoms with van der Waals surface area (Å²) in [7, 11) is 0. The largest absolute Gasteiger partial charge is 0.364 e. The van der Waals surface area contributed by atoms with E-state index in [1.165, 1.54) is 11.1 Å². The van der Waals surface area contributed by atoms with Crippen molar-refractivity contribution < 1.29 is 4.79 Å². The molecule has 5 rings (SSSR count). The lowest BCUT2D eigenvalue weighted by atomic mass is 9.79. The van der Waals surface area contributed by atoms with Crippen molar-refractivity contribution in [2.75, 3.05) is 16.0 Å². The SMILES string of the molecule is CCC1Nc2cc3c(cc2N1)CC1(C3)C(=O)Nc2ncccc21. The number of rotatable bonds is 1. The van der Waals surface area contributed by atoms with E-state index >= 15 is 0 Å². The molecule has 1 aromatic carbocycles. The predicted molar refractivity (Wildman–Crippen MR) is 89.7 cm³/mol. The summed E-state index contributed by atoms with van der Waals surface area (Å²) in [6.07, 6.45) is 4.57. The van der Waals surface area contributed by atoms with E-state index in [1.807, 2.05) is 12.1 Å². The molecule has 23 heavy (non-hydrogen) atoms. The first kappa shape index (κ1) is 12.9. The van der Waals surface area contributed by atoms with Crippen LogP contribution < -0.4 is 16.0 Å². The summed E-state index contributed by atoms with van der Waals surface area (Å²) in [4.78, 5) is 17.0. The second-order valence-corrected chi connectivity index (χ2v) is 6.71. The van der Waals surface area contributed by atoms with Crippen molar-refractivity contribution in [3.05, 3.63) is 47.2 Å². The molecule has 0 bridgehead atoms. The molecule has 1 aliphatic carbocycles. The molecule has 0 radical (unpaired) electrons. The van der Waals surface area contributed by atoms with E-state index in [4.69, 9.17) is 0 Å². The Morgan fingerprint density at radius 1 is 1.22 bits per heavy atom. The fourth-order valence-electron chi connectivity index (χ4n) is 4.18. The molecule has 0 saturated carbocycles. The van der Waals surface area contributed by atoms with Crippen LogP contribution in [-0.4, -0.2) is 17.1 Å². The van der Waals surface area contributed by atoms with Gasteiger partial charge >= 0.3 is 0 Å². The number of hydrogen-bond donors (Lipinski definition) is 3. The zero-order valence-electron chi connectivity index (χ0n) is 12.9. The summed E-state index contributed by atoms with van der Waals surface area (Å²) >= 11 is 0. The van der Waals surface area contributed by atoms with Gasteiger partial charge in [-0.15, -0.1) is 0 Å². The molecular formula is C18H18N4O. The Balaban J connectivity index is 1.57. The van der Waals surface area contributed by atoms with E-state index in [0.29, 0.717) is 6.17 Å². The number of pyridine rings is 1. The fourth-order valence-corrected chi connectivity index (χ4v) is 4.18. The van der Waals surface area contributed by atoms with Crippen LogP contribution in [0.1, 0.15) is 30.0 Å². The number of carbonyl (C=O) groups is 1. The predicted octanol–water partition coefficient (Wildman–Crippen LogP) is 2.64. The van der Waals surface area contributed by atoms with Crippen LogP contribution in [0.15, 0.2) is 30.5 Å². The minimum Gasteiger partial charge on any atom is -0.364 e. The van der Waals surface area contributed by atoms with Gasteiger partial charge < -0.3 is 16.0 Å². The van der Waals surface area contributed by atoms with Gasteiger partial charge in [0.15, 0.2) is 0 Å². The number of nitrogens with one attached hydrogen (secondary N) is 3. The van der Waals surface area contributed by atoms with Crippen LogP contribution in [0, 0.1) is 0 Å². The number of aromatic nitrogens is 1. The van der Waals surface area contributed by atoms with Gasteiger partial charge in [0.05, 0.1) is 23.0 Å². The van der Waals surface area contributed by atoms with Crippen molar-refractivity contribution in [2.45, 2.75) is 37.8 Å². The summed E-state index contributed by atoms with van der Waals surface area (Å²) in [5.74, 6) is 0.801. The van der Waals surface area contributed by atoms with Crippen molar-refractivity contribution in [1.82, 2.24) is 4.98 Å². The third kappa shape index (κ3) is 1.62. The van der Waals surface area contributed by atoms with Gasteiger partial charge in [-0.2, -0.15) is 0 Å². The Labute approximate surface area is 134 Å². The lowest BCUT2D eigenvalue weighted by molar-refractivity contribution is -0.120. The highest BCUT2D eigenvalue weighted by molar-refractivity contribution is 6.06. The summed E-state index contributed by atoms with van der Waals surface area (Å²) in [5.41, 5.74) is 5.39. The highest BCUT2D eigenvalue weighted by Crippen LogP contribution is 2.48. The summed E-state index contributed by atoms with van der Waals surface area (Å²) in [6.45, 7) is 2.16. The van der Waals surface area contributed by atoms with Crippen LogP contribution in [0.3, 0.4) is 0 Å². The van der Waals surface area contributed by atoms with E-state index in [-0.39, 0.29) is 5.91 Å². The number of hydrogen-bond acceptors (Lipinski definition) is 4. The van der Waals surface area contributed by atoms with E-state index < -0.39 is 5.41 Å². The summed E-state index contributed by atoms with van der Waals surface area (Å²) < 4.78 is 0. The van der Waals surface area contributed by atoms with Crippen molar-refractivity contribution >= 4 is 23.1 Å². The molecule has 1 spiro atoms. The average Bonchev–Trinajstić information content (AvgIpc) is 3.20. The maximum atomic E-state index is 12.7. The molecule has 1 aromatic heterocycles. The van der Waals surface area contributed by atoms with Crippen LogP contribution in [0.4, 0.5) is 17.2 Å². The maximum Gasteiger partial charge on any atom is 0.237 e. The van der Waals surface area contributed by atoms with Gasteiger partial charge in [-0.25, -0.2) is 4.98 Å². The van der Waals surface area contributed by atoms with Crippen LogP contribution in [-0.2, 0) is 23.1 Å². The first-order chi connectivity index (χ1) is 11.2. The zero-order chi connectivity index (χ0) is 15.6. The Hall–Kier alpha value is -2.56. The van der Waals surface area contributed by atoms with Crippen LogP contribution in [0.25, 0.3) is 0 Å². The minimum absolute atomic E-state index is 0.0786. The van der Waals surface area contributed by atoms with Crippen LogP contribution in [0.2, 0.25) is 0 Å². The first-order valence-electron chi connectivity index (χ1n) is 8.15. The highest BCUT2D eigenvalue weighted by atomic mass is 16.2. The molecule has 3 N–H and O–H groups in total. The number of carbonyl (C=O) groups excluding carboxylic acids is 1. The fraction of sp³-hybridized carbons (Fsp3) is 0.333.